The Hall–Kier alpha value is -0.930. The lowest BCUT2D eigenvalue weighted by atomic mass is 10.2. The molecule has 1 fully saturated rings. The van der Waals surface area contributed by atoms with Crippen molar-refractivity contribution in [2.24, 2.45) is 11.0 Å². The Morgan fingerprint density at radius 3 is 2.83 bits per heavy atom. The van der Waals surface area contributed by atoms with Crippen LogP contribution in [-0.2, 0) is 4.79 Å². The summed E-state index contributed by atoms with van der Waals surface area (Å²) in [5, 5.41) is 3.18. The summed E-state index contributed by atoms with van der Waals surface area (Å²) < 4.78 is 0. The minimum Gasteiger partial charge on any atom is -0.710 e. The van der Waals surface area contributed by atoms with Crippen LogP contribution in [0.5, 0.6) is 0 Å². The number of carbonyl (C=O) groups is 1. The lowest BCUT2D eigenvalue weighted by Gasteiger charge is -2.24. The van der Waals surface area contributed by atoms with Crippen molar-refractivity contribution in [1.29, 1.82) is 0 Å². The Bertz CT molecular complexity index is 191. The molecule has 0 aliphatic carbocycles. The van der Waals surface area contributed by atoms with E-state index in [4.69, 9.17) is 5.53 Å². The molecule has 1 heterocycles. The summed E-state index contributed by atoms with van der Waals surface area (Å²) in [6.45, 7) is 4.44. The Morgan fingerprint density at radius 2 is 2.33 bits per heavy atom. The van der Waals surface area contributed by atoms with E-state index in [2.05, 4.69) is 5.11 Å². The predicted molar refractivity (Wildman–Crippen MR) is 45.4 cm³/mol. The van der Waals surface area contributed by atoms with Gasteiger partial charge in [-0.15, -0.1) is 0 Å². The van der Waals surface area contributed by atoms with Crippen LogP contribution in [0.1, 0.15) is 26.7 Å². The zero-order valence-electron chi connectivity index (χ0n) is 7.53. The normalized spacial score (nSPS) is 23.2. The van der Waals surface area contributed by atoms with Crippen molar-refractivity contribution in [1.82, 2.24) is 4.90 Å². The van der Waals surface area contributed by atoms with Crippen LogP contribution in [0.25, 0.3) is 5.53 Å². The zero-order chi connectivity index (χ0) is 9.14. The van der Waals surface area contributed by atoms with Gasteiger partial charge in [-0.3, -0.25) is 4.79 Å². The van der Waals surface area contributed by atoms with Gasteiger partial charge in [0, 0.05) is 12.5 Å². The molecule has 68 valence electrons. The number of rotatable bonds is 2. The highest BCUT2D eigenvalue weighted by molar-refractivity contribution is 5.78. The quantitative estimate of drug-likeness (QED) is 0.578. The molecule has 1 saturated heterocycles. The van der Waals surface area contributed by atoms with Gasteiger partial charge in [0.25, 0.3) is 0 Å². The first-order valence-corrected chi connectivity index (χ1v) is 4.31. The molecule has 1 aliphatic heterocycles. The molecule has 1 amide bonds. The second-order valence-electron chi connectivity index (χ2n) is 3.42. The van der Waals surface area contributed by atoms with Gasteiger partial charge in [0.15, 0.2) is 0 Å². The first-order chi connectivity index (χ1) is 5.66. The summed E-state index contributed by atoms with van der Waals surface area (Å²) in [4.78, 5) is 13.1. The molecule has 0 bridgehead atoms. The van der Waals surface area contributed by atoms with E-state index in [9.17, 15) is 4.79 Å². The van der Waals surface area contributed by atoms with Gasteiger partial charge in [-0.05, 0) is 12.8 Å². The molecule has 0 aromatic rings. The molecule has 1 aliphatic rings. The molecule has 12 heavy (non-hydrogen) atoms. The fourth-order valence-electron chi connectivity index (χ4n) is 1.46. The van der Waals surface area contributed by atoms with Gasteiger partial charge in [-0.1, -0.05) is 13.8 Å². The molecule has 1 unspecified atom stereocenters. The Kier molecular flexibility index (Phi) is 2.78. The summed E-state index contributed by atoms with van der Waals surface area (Å²) in [6.07, 6.45) is 1.43. The maximum Gasteiger partial charge on any atom is 0.226 e. The topological polar surface area (TPSA) is 55.0 Å². The van der Waals surface area contributed by atoms with Crippen molar-refractivity contribution in [2.75, 3.05) is 6.54 Å². The predicted octanol–water partition coefficient (Wildman–Crippen LogP) is 1.61. The largest absolute Gasteiger partial charge is 0.710 e. The molecule has 0 aromatic heterocycles. The van der Waals surface area contributed by atoms with Gasteiger partial charge >= 0.3 is 0 Å². The van der Waals surface area contributed by atoms with Gasteiger partial charge in [0.2, 0.25) is 5.91 Å². The van der Waals surface area contributed by atoms with Crippen LogP contribution in [0.2, 0.25) is 0 Å². The monoisotopic (exact) mass is 168 g/mol. The highest BCUT2D eigenvalue weighted by Crippen LogP contribution is 2.20. The second kappa shape index (κ2) is 3.65. The van der Waals surface area contributed by atoms with Crippen molar-refractivity contribution >= 4 is 5.91 Å². The molecule has 1 atom stereocenters. The van der Waals surface area contributed by atoms with E-state index >= 15 is 0 Å². The van der Waals surface area contributed by atoms with E-state index < -0.39 is 0 Å². The Balaban J connectivity index is 2.61. The summed E-state index contributed by atoms with van der Waals surface area (Å²) in [5.41, 5.74) is 8.60. The summed E-state index contributed by atoms with van der Waals surface area (Å²) in [7, 11) is 0. The number of carbonyl (C=O) groups excluding carboxylic acids is 1. The lowest BCUT2D eigenvalue weighted by Crippen LogP contribution is -2.36. The molecule has 0 saturated carbocycles. The van der Waals surface area contributed by atoms with Crippen molar-refractivity contribution in [3.8, 4) is 0 Å². The fourth-order valence-corrected chi connectivity index (χ4v) is 1.46. The molecule has 0 radical (unpaired) electrons. The van der Waals surface area contributed by atoms with Crippen molar-refractivity contribution in [3.05, 3.63) is 5.53 Å². The first-order valence-electron chi connectivity index (χ1n) is 4.31. The van der Waals surface area contributed by atoms with Gasteiger partial charge < -0.3 is 15.5 Å². The van der Waals surface area contributed by atoms with Crippen molar-refractivity contribution in [2.45, 2.75) is 32.9 Å². The minimum atomic E-state index is -0.292. The van der Waals surface area contributed by atoms with Crippen molar-refractivity contribution < 1.29 is 4.79 Å². The Labute approximate surface area is 72.4 Å². The van der Waals surface area contributed by atoms with Crippen molar-refractivity contribution in [3.63, 3.8) is 0 Å². The molecule has 0 aromatic carbocycles. The van der Waals surface area contributed by atoms with E-state index in [1.807, 2.05) is 13.8 Å². The smallest absolute Gasteiger partial charge is 0.226 e. The third-order valence-corrected chi connectivity index (χ3v) is 2.13. The minimum absolute atomic E-state index is 0.00708. The van der Waals surface area contributed by atoms with E-state index in [1.165, 1.54) is 0 Å². The van der Waals surface area contributed by atoms with E-state index in [0.29, 0.717) is 0 Å². The third kappa shape index (κ3) is 1.62. The number of hydrogen-bond acceptors (Lipinski definition) is 2. The standard InChI is InChI=1S/C8H14N3O/c1-6(2)8(12)11-5-3-4-7(11)10-9/h6-7H,3-5H2,1-2H3/q-1. The molecular weight excluding hydrogens is 154 g/mol. The molecule has 1 rings (SSSR count). The third-order valence-electron chi connectivity index (χ3n) is 2.13. The molecule has 0 spiro atoms. The van der Waals surface area contributed by atoms with Gasteiger partial charge in [-0.25, -0.2) is 0 Å². The number of likely N-dealkylation sites (tertiary alicyclic amines) is 1. The fraction of sp³-hybridized carbons (Fsp3) is 0.875. The second-order valence-corrected chi connectivity index (χ2v) is 3.42. The van der Waals surface area contributed by atoms with Gasteiger partial charge in [-0.2, -0.15) is 0 Å². The highest BCUT2D eigenvalue weighted by atomic mass is 16.2. The molecule has 0 N–H and O–H groups in total. The SMILES string of the molecule is CC(C)C(=O)N1CCCC1N=[N-]. The van der Waals surface area contributed by atoms with E-state index in [1.54, 1.807) is 4.90 Å². The van der Waals surface area contributed by atoms with Crippen LogP contribution in [0.15, 0.2) is 5.11 Å². The highest BCUT2D eigenvalue weighted by Gasteiger charge is 2.27. The van der Waals surface area contributed by atoms with Crippen LogP contribution >= 0.6 is 0 Å². The average molecular weight is 168 g/mol. The van der Waals surface area contributed by atoms with Crippen LogP contribution in [0.4, 0.5) is 0 Å². The van der Waals surface area contributed by atoms with E-state index in [0.717, 1.165) is 19.4 Å². The number of nitrogens with zero attached hydrogens (tertiary/aromatic N) is 3. The average Bonchev–Trinajstić information content (AvgIpc) is 2.49. The Morgan fingerprint density at radius 1 is 1.67 bits per heavy atom. The maximum absolute atomic E-state index is 11.5. The molecule has 4 nitrogen and oxygen atoms in total. The number of hydrogen-bond donors (Lipinski definition) is 0. The zero-order valence-corrected chi connectivity index (χ0v) is 7.53. The van der Waals surface area contributed by atoms with Gasteiger partial charge in [0.1, 0.15) is 6.17 Å². The first kappa shape index (κ1) is 9.16. The summed E-state index contributed by atoms with van der Waals surface area (Å²) >= 11 is 0. The van der Waals surface area contributed by atoms with Crippen LogP contribution < -0.4 is 0 Å². The van der Waals surface area contributed by atoms with Crippen LogP contribution in [0.3, 0.4) is 0 Å². The summed E-state index contributed by atoms with van der Waals surface area (Å²) in [6, 6.07) is 0. The van der Waals surface area contributed by atoms with E-state index in [-0.39, 0.29) is 18.0 Å². The molecule has 4 heteroatoms. The lowest BCUT2D eigenvalue weighted by molar-refractivity contribution is -0.135. The summed E-state index contributed by atoms with van der Waals surface area (Å²) in [5.74, 6) is 0.0719. The van der Waals surface area contributed by atoms with Gasteiger partial charge in [0.05, 0.1) is 0 Å². The molecular formula is C8H14N3O-. The van der Waals surface area contributed by atoms with Crippen LogP contribution in [-0.4, -0.2) is 23.5 Å². The van der Waals surface area contributed by atoms with Crippen LogP contribution in [0, 0.1) is 5.92 Å². The number of amides is 1. The maximum atomic E-state index is 11.5.